The molecule has 106 valence electrons. The van der Waals surface area contributed by atoms with Gasteiger partial charge in [-0.1, -0.05) is 18.3 Å². The standard InChI is InChI=1S/C18H23NO/c1-20-17-10-5-15(6-11-17)7-12-18(16-8-9-16)19-13-3-2-4-14-19/h5-6,10-11,16,18H,2-4,8-9,13-14H2,1H3. The van der Waals surface area contributed by atoms with Crippen LogP contribution in [0.4, 0.5) is 0 Å². The highest BCUT2D eigenvalue weighted by atomic mass is 16.5. The molecule has 3 rings (SSSR count). The van der Waals surface area contributed by atoms with Gasteiger partial charge in [-0.2, -0.15) is 0 Å². The molecule has 1 unspecified atom stereocenters. The van der Waals surface area contributed by atoms with Crippen molar-refractivity contribution in [2.75, 3.05) is 20.2 Å². The topological polar surface area (TPSA) is 12.5 Å². The van der Waals surface area contributed by atoms with E-state index in [0.29, 0.717) is 6.04 Å². The minimum absolute atomic E-state index is 0.484. The Morgan fingerprint density at radius 2 is 1.80 bits per heavy atom. The van der Waals surface area contributed by atoms with Gasteiger partial charge in [0.2, 0.25) is 0 Å². The molecule has 1 saturated carbocycles. The first-order valence-electron chi connectivity index (χ1n) is 7.76. The number of ether oxygens (including phenoxy) is 1. The second kappa shape index (κ2) is 6.33. The summed E-state index contributed by atoms with van der Waals surface area (Å²) in [6, 6.07) is 8.55. The van der Waals surface area contributed by atoms with Crippen LogP contribution in [0.2, 0.25) is 0 Å². The molecule has 1 atom stereocenters. The summed E-state index contributed by atoms with van der Waals surface area (Å²) in [7, 11) is 1.69. The summed E-state index contributed by atoms with van der Waals surface area (Å²) in [5.74, 6) is 8.62. The van der Waals surface area contributed by atoms with Gasteiger partial charge in [0.15, 0.2) is 0 Å². The second-order valence-electron chi connectivity index (χ2n) is 5.88. The molecular weight excluding hydrogens is 246 g/mol. The van der Waals surface area contributed by atoms with Gasteiger partial charge in [-0.05, 0) is 69.0 Å². The molecule has 0 spiro atoms. The van der Waals surface area contributed by atoms with Crippen molar-refractivity contribution in [2.24, 2.45) is 5.92 Å². The van der Waals surface area contributed by atoms with Crippen LogP contribution in [0.5, 0.6) is 5.75 Å². The zero-order valence-corrected chi connectivity index (χ0v) is 12.3. The van der Waals surface area contributed by atoms with Crippen molar-refractivity contribution in [1.82, 2.24) is 4.90 Å². The largest absolute Gasteiger partial charge is 0.497 e. The number of rotatable bonds is 3. The van der Waals surface area contributed by atoms with Gasteiger partial charge >= 0.3 is 0 Å². The number of benzene rings is 1. The number of nitrogens with zero attached hydrogens (tertiary/aromatic N) is 1. The van der Waals surface area contributed by atoms with E-state index >= 15 is 0 Å². The number of hydrogen-bond donors (Lipinski definition) is 0. The maximum atomic E-state index is 5.18. The predicted octanol–water partition coefficient (Wildman–Crippen LogP) is 3.31. The Labute approximate surface area is 122 Å². The van der Waals surface area contributed by atoms with Crippen molar-refractivity contribution in [3.05, 3.63) is 29.8 Å². The SMILES string of the molecule is COc1ccc(C#CC(C2CC2)N2CCCCC2)cc1. The third-order valence-corrected chi connectivity index (χ3v) is 4.31. The molecule has 0 amide bonds. The van der Waals surface area contributed by atoms with Gasteiger partial charge in [0.1, 0.15) is 5.75 Å². The minimum Gasteiger partial charge on any atom is -0.497 e. The van der Waals surface area contributed by atoms with Crippen LogP contribution in [0.25, 0.3) is 0 Å². The molecule has 1 aliphatic carbocycles. The van der Waals surface area contributed by atoms with E-state index in [2.05, 4.69) is 16.7 Å². The quantitative estimate of drug-likeness (QED) is 0.781. The second-order valence-corrected chi connectivity index (χ2v) is 5.88. The minimum atomic E-state index is 0.484. The molecule has 1 aromatic carbocycles. The fraction of sp³-hybridized carbons (Fsp3) is 0.556. The van der Waals surface area contributed by atoms with Crippen LogP contribution in [-0.4, -0.2) is 31.1 Å². The van der Waals surface area contributed by atoms with Crippen molar-refractivity contribution >= 4 is 0 Å². The molecule has 2 fully saturated rings. The fourth-order valence-corrected chi connectivity index (χ4v) is 2.95. The van der Waals surface area contributed by atoms with Crippen LogP contribution in [0.3, 0.4) is 0 Å². The monoisotopic (exact) mass is 269 g/mol. The average Bonchev–Trinajstić information content (AvgIpc) is 3.34. The molecule has 0 bridgehead atoms. The first-order chi connectivity index (χ1) is 9.86. The van der Waals surface area contributed by atoms with E-state index in [1.54, 1.807) is 7.11 Å². The van der Waals surface area contributed by atoms with Gasteiger partial charge in [0.05, 0.1) is 13.2 Å². The summed E-state index contributed by atoms with van der Waals surface area (Å²) in [5.41, 5.74) is 1.09. The van der Waals surface area contributed by atoms with Gasteiger partial charge in [0, 0.05) is 5.56 Å². The molecule has 1 heterocycles. The molecule has 0 aromatic heterocycles. The third kappa shape index (κ3) is 3.35. The molecular formula is C18H23NO. The van der Waals surface area contributed by atoms with Crippen molar-refractivity contribution in [3.8, 4) is 17.6 Å². The Kier molecular flexibility index (Phi) is 4.28. The van der Waals surface area contributed by atoms with E-state index in [4.69, 9.17) is 4.74 Å². The van der Waals surface area contributed by atoms with Crippen LogP contribution < -0.4 is 4.74 Å². The lowest BCUT2D eigenvalue weighted by Gasteiger charge is -2.31. The Morgan fingerprint density at radius 1 is 1.10 bits per heavy atom. The molecule has 1 aliphatic heterocycles. The fourth-order valence-electron chi connectivity index (χ4n) is 2.95. The highest BCUT2D eigenvalue weighted by Gasteiger charge is 2.34. The van der Waals surface area contributed by atoms with E-state index < -0.39 is 0 Å². The lowest BCUT2D eigenvalue weighted by atomic mass is 10.0. The van der Waals surface area contributed by atoms with Gasteiger partial charge < -0.3 is 4.74 Å². The lowest BCUT2D eigenvalue weighted by Crippen LogP contribution is -2.39. The van der Waals surface area contributed by atoms with E-state index in [0.717, 1.165) is 17.2 Å². The molecule has 0 radical (unpaired) electrons. The van der Waals surface area contributed by atoms with Crippen molar-refractivity contribution in [2.45, 2.75) is 38.1 Å². The van der Waals surface area contributed by atoms with E-state index in [1.165, 1.54) is 45.2 Å². The molecule has 2 heteroatoms. The van der Waals surface area contributed by atoms with Crippen LogP contribution in [-0.2, 0) is 0 Å². The predicted molar refractivity (Wildman–Crippen MR) is 81.8 cm³/mol. The smallest absolute Gasteiger partial charge is 0.118 e. The van der Waals surface area contributed by atoms with Gasteiger partial charge in [-0.25, -0.2) is 0 Å². The van der Waals surface area contributed by atoms with Crippen LogP contribution in [0, 0.1) is 17.8 Å². The molecule has 2 aliphatic rings. The summed E-state index contributed by atoms with van der Waals surface area (Å²) in [6.07, 6.45) is 6.79. The van der Waals surface area contributed by atoms with Crippen LogP contribution >= 0.6 is 0 Å². The highest BCUT2D eigenvalue weighted by Crippen LogP contribution is 2.36. The van der Waals surface area contributed by atoms with E-state index in [1.807, 2.05) is 24.3 Å². The Balaban J connectivity index is 1.70. The van der Waals surface area contributed by atoms with Crippen LogP contribution in [0.1, 0.15) is 37.7 Å². The van der Waals surface area contributed by atoms with E-state index in [9.17, 15) is 0 Å². The Bertz CT molecular complexity index is 486. The number of piperidine rings is 1. The Hall–Kier alpha value is -1.46. The van der Waals surface area contributed by atoms with Gasteiger partial charge in [-0.15, -0.1) is 0 Å². The zero-order valence-electron chi connectivity index (χ0n) is 12.3. The summed E-state index contributed by atoms with van der Waals surface area (Å²) in [4.78, 5) is 2.61. The van der Waals surface area contributed by atoms with Crippen molar-refractivity contribution in [3.63, 3.8) is 0 Å². The molecule has 0 N–H and O–H groups in total. The lowest BCUT2D eigenvalue weighted by molar-refractivity contribution is 0.181. The van der Waals surface area contributed by atoms with Crippen molar-refractivity contribution in [1.29, 1.82) is 0 Å². The molecule has 20 heavy (non-hydrogen) atoms. The summed E-state index contributed by atoms with van der Waals surface area (Å²) < 4.78 is 5.18. The van der Waals surface area contributed by atoms with Crippen molar-refractivity contribution < 1.29 is 4.74 Å². The first-order valence-corrected chi connectivity index (χ1v) is 7.76. The maximum absolute atomic E-state index is 5.18. The van der Waals surface area contributed by atoms with Gasteiger partial charge in [-0.3, -0.25) is 4.90 Å². The zero-order chi connectivity index (χ0) is 13.8. The maximum Gasteiger partial charge on any atom is 0.118 e. The first kappa shape index (κ1) is 13.5. The summed E-state index contributed by atoms with van der Waals surface area (Å²) >= 11 is 0. The Morgan fingerprint density at radius 3 is 2.40 bits per heavy atom. The number of likely N-dealkylation sites (tertiary alicyclic amines) is 1. The van der Waals surface area contributed by atoms with E-state index in [-0.39, 0.29) is 0 Å². The molecule has 2 nitrogen and oxygen atoms in total. The normalized spacial score (nSPS) is 20.9. The number of methoxy groups -OCH3 is 1. The molecule has 1 saturated heterocycles. The summed E-state index contributed by atoms with van der Waals surface area (Å²) in [6.45, 7) is 2.47. The number of hydrogen-bond acceptors (Lipinski definition) is 2. The highest BCUT2D eigenvalue weighted by molar-refractivity contribution is 5.39. The van der Waals surface area contributed by atoms with Gasteiger partial charge in [0.25, 0.3) is 0 Å². The average molecular weight is 269 g/mol. The van der Waals surface area contributed by atoms with Crippen LogP contribution in [0.15, 0.2) is 24.3 Å². The third-order valence-electron chi connectivity index (χ3n) is 4.31. The summed E-state index contributed by atoms with van der Waals surface area (Å²) in [5, 5.41) is 0. The molecule has 1 aromatic rings.